The fourth-order valence-electron chi connectivity index (χ4n) is 3.74. The molecule has 0 atom stereocenters. The van der Waals surface area contributed by atoms with Gasteiger partial charge in [0, 0.05) is 30.4 Å². The van der Waals surface area contributed by atoms with Gasteiger partial charge in [-0.05, 0) is 48.5 Å². The summed E-state index contributed by atoms with van der Waals surface area (Å²) in [5.41, 5.74) is 8.33. The van der Waals surface area contributed by atoms with Crippen molar-refractivity contribution >= 4 is 22.8 Å². The van der Waals surface area contributed by atoms with Gasteiger partial charge in [0.15, 0.2) is 17.3 Å². The average Bonchev–Trinajstić information content (AvgIpc) is 3.22. The van der Waals surface area contributed by atoms with E-state index in [1.807, 2.05) is 18.2 Å². The Balaban J connectivity index is 1.60. The van der Waals surface area contributed by atoms with Crippen LogP contribution in [0.3, 0.4) is 0 Å². The number of hydrogen-bond acceptors (Lipinski definition) is 7. The lowest BCUT2D eigenvalue weighted by atomic mass is 10.1. The van der Waals surface area contributed by atoms with Crippen molar-refractivity contribution in [2.45, 2.75) is 6.42 Å². The highest BCUT2D eigenvalue weighted by Gasteiger charge is 2.22. The lowest BCUT2D eigenvalue weighted by molar-refractivity contribution is 0.414. The van der Waals surface area contributed by atoms with Crippen molar-refractivity contribution in [2.24, 2.45) is 0 Å². The molecular formula is C25H21F2N7O. The number of nitrogens with zero attached hydrogens (tertiary/aromatic N) is 5. The lowest BCUT2D eigenvalue weighted by Crippen LogP contribution is -2.09. The van der Waals surface area contributed by atoms with Gasteiger partial charge < -0.3 is 15.8 Å². The van der Waals surface area contributed by atoms with Gasteiger partial charge in [-0.25, -0.2) is 18.4 Å². The maximum Gasteiger partial charge on any atom is 0.225 e. The number of halogens is 2. The molecule has 3 heterocycles. The molecule has 0 bridgehead atoms. The van der Waals surface area contributed by atoms with Crippen molar-refractivity contribution in [3.63, 3.8) is 0 Å². The van der Waals surface area contributed by atoms with Crippen LogP contribution < -0.4 is 15.8 Å². The van der Waals surface area contributed by atoms with Gasteiger partial charge >= 0.3 is 0 Å². The molecule has 0 unspecified atom stereocenters. The average molecular weight is 473 g/mol. The number of benzene rings is 2. The van der Waals surface area contributed by atoms with Crippen LogP contribution in [0.1, 0.15) is 5.69 Å². The smallest absolute Gasteiger partial charge is 0.225 e. The van der Waals surface area contributed by atoms with E-state index in [0.29, 0.717) is 29.8 Å². The molecule has 35 heavy (non-hydrogen) atoms. The van der Waals surface area contributed by atoms with E-state index in [-0.39, 0.29) is 28.7 Å². The van der Waals surface area contributed by atoms with E-state index in [9.17, 15) is 8.78 Å². The van der Waals surface area contributed by atoms with Crippen molar-refractivity contribution in [1.29, 1.82) is 0 Å². The van der Waals surface area contributed by atoms with E-state index in [1.54, 1.807) is 37.6 Å². The van der Waals surface area contributed by atoms with Gasteiger partial charge in [0.2, 0.25) is 5.95 Å². The molecule has 3 N–H and O–H groups in total. The maximum absolute atomic E-state index is 14.8. The summed E-state index contributed by atoms with van der Waals surface area (Å²) < 4.78 is 35.6. The third-order valence-electron chi connectivity index (χ3n) is 5.48. The van der Waals surface area contributed by atoms with E-state index in [2.05, 4.69) is 25.4 Å². The molecule has 10 heteroatoms. The zero-order valence-electron chi connectivity index (χ0n) is 18.7. The van der Waals surface area contributed by atoms with E-state index in [1.165, 1.54) is 16.8 Å². The topological polar surface area (TPSA) is 104 Å². The Morgan fingerprint density at radius 3 is 2.57 bits per heavy atom. The number of methoxy groups -OCH3 is 1. The molecule has 0 saturated carbocycles. The standard InChI is InChI=1S/C25H21F2N7O/c1-35-17-10-8-16(9-11-17)34-23(28)20-22(18-6-4-7-19(26)21(18)27)31-25(32-24(20)33-34)30-14-12-15-5-2-3-13-29-15/h2-11,13H,12,14,28H2,1H3,(H,30,32,33). The Bertz CT molecular complexity index is 1490. The molecular weight excluding hydrogens is 452 g/mol. The van der Waals surface area contributed by atoms with E-state index >= 15 is 0 Å². The Kier molecular flexibility index (Phi) is 5.92. The molecule has 0 aliphatic heterocycles. The van der Waals surface area contributed by atoms with Gasteiger partial charge in [0.1, 0.15) is 11.6 Å². The summed E-state index contributed by atoms with van der Waals surface area (Å²) >= 11 is 0. The first-order valence-electron chi connectivity index (χ1n) is 10.8. The molecule has 5 rings (SSSR count). The highest BCUT2D eigenvalue weighted by molar-refractivity contribution is 5.99. The monoisotopic (exact) mass is 473 g/mol. The first kappa shape index (κ1) is 22.2. The molecule has 0 spiro atoms. The number of fused-ring (bicyclic) bond motifs is 1. The molecule has 8 nitrogen and oxygen atoms in total. The highest BCUT2D eigenvalue weighted by Crippen LogP contribution is 2.34. The summed E-state index contributed by atoms with van der Waals surface area (Å²) in [5.74, 6) is -0.926. The van der Waals surface area contributed by atoms with Gasteiger partial charge in [0.05, 0.1) is 23.9 Å². The van der Waals surface area contributed by atoms with Crippen LogP contribution in [0.25, 0.3) is 28.0 Å². The number of anilines is 2. The van der Waals surface area contributed by atoms with Crippen LogP contribution in [0.15, 0.2) is 66.9 Å². The minimum absolute atomic E-state index is 0.0360. The number of aromatic nitrogens is 5. The minimum atomic E-state index is -1.02. The molecule has 0 aliphatic carbocycles. The Labute approximate surface area is 199 Å². The van der Waals surface area contributed by atoms with Gasteiger partial charge in [-0.1, -0.05) is 12.1 Å². The second-order valence-corrected chi connectivity index (χ2v) is 7.69. The predicted octanol–water partition coefficient (Wildman–Crippen LogP) is 4.40. The molecule has 5 aromatic rings. The second-order valence-electron chi connectivity index (χ2n) is 7.69. The molecule has 0 amide bonds. The normalized spacial score (nSPS) is 11.1. The predicted molar refractivity (Wildman–Crippen MR) is 129 cm³/mol. The number of pyridine rings is 1. The largest absolute Gasteiger partial charge is 0.497 e. The second kappa shape index (κ2) is 9.34. The van der Waals surface area contributed by atoms with Crippen molar-refractivity contribution in [2.75, 3.05) is 24.7 Å². The first-order valence-corrected chi connectivity index (χ1v) is 10.8. The summed E-state index contributed by atoms with van der Waals surface area (Å²) in [4.78, 5) is 13.3. The Morgan fingerprint density at radius 1 is 1.00 bits per heavy atom. The summed E-state index contributed by atoms with van der Waals surface area (Å²) in [6, 6.07) is 16.7. The number of hydrogen-bond donors (Lipinski definition) is 2. The van der Waals surface area contributed by atoms with Crippen molar-refractivity contribution < 1.29 is 13.5 Å². The van der Waals surface area contributed by atoms with Crippen LogP contribution >= 0.6 is 0 Å². The van der Waals surface area contributed by atoms with Gasteiger partial charge in [0.25, 0.3) is 0 Å². The van der Waals surface area contributed by atoms with E-state index in [4.69, 9.17) is 10.5 Å². The van der Waals surface area contributed by atoms with Crippen LogP contribution in [0.4, 0.5) is 20.5 Å². The number of ether oxygens (including phenoxy) is 1. The van der Waals surface area contributed by atoms with Crippen molar-refractivity contribution in [1.82, 2.24) is 24.7 Å². The maximum atomic E-state index is 14.8. The third-order valence-corrected chi connectivity index (χ3v) is 5.48. The minimum Gasteiger partial charge on any atom is -0.497 e. The summed E-state index contributed by atoms with van der Waals surface area (Å²) in [6.07, 6.45) is 2.34. The fourth-order valence-corrected chi connectivity index (χ4v) is 3.74. The Morgan fingerprint density at radius 2 is 1.83 bits per heavy atom. The summed E-state index contributed by atoms with van der Waals surface area (Å²) in [7, 11) is 1.57. The quantitative estimate of drug-likeness (QED) is 0.361. The number of rotatable bonds is 7. The van der Waals surface area contributed by atoms with Crippen LogP contribution in [-0.4, -0.2) is 38.4 Å². The molecule has 2 aromatic carbocycles. The number of nitrogen functional groups attached to an aromatic ring is 1. The Hall–Kier alpha value is -4.60. The number of nitrogens with one attached hydrogen (secondary N) is 1. The van der Waals surface area contributed by atoms with Gasteiger partial charge in [-0.15, -0.1) is 5.10 Å². The zero-order valence-corrected chi connectivity index (χ0v) is 18.7. The summed E-state index contributed by atoms with van der Waals surface area (Å²) in [5, 5.41) is 7.98. The SMILES string of the molecule is COc1ccc(-n2nc3nc(NCCc4ccccn4)nc(-c4cccc(F)c4F)c3c2N)cc1. The fraction of sp³-hybridized carbons (Fsp3) is 0.120. The van der Waals surface area contributed by atoms with Crippen LogP contribution in [0, 0.1) is 11.6 Å². The van der Waals surface area contributed by atoms with E-state index in [0.717, 1.165) is 11.8 Å². The lowest BCUT2D eigenvalue weighted by Gasteiger charge is -2.09. The van der Waals surface area contributed by atoms with E-state index < -0.39 is 11.6 Å². The number of nitrogens with two attached hydrogens (primary N) is 1. The van der Waals surface area contributed by atoms with Crippen LogP contribution in [0.5, 0.6) is 5.75 Å². The molecule has 0 aliphatic rings. The first-order chi connectivity index (χ1) is 17.0. The van der Waals surface area contributed by atoms with Crippen molar-refractivity contribution in [3.05, 3.63) is 84.2 Å². The highest BCUT2D eigenvalue weighted by atomic mass is 19.2. The third kappa shape index (κ3) is 4.33. The van der Waals surface area contributed by atoms with Crippen LogP contribution in [0.2, 0.25) is 0 Å². The molecule has 0 radical (unpaired) electrons. The molecule has 3 aromatic heterocycles. The van der Waals surface area contributed by atoms with Crippen LogP contribution in [-0.2, 0) is 6.42 Å². The molecule has 176 valence electrons. The zero-order chi connectivity index (χ0) is 24.4. The van der Waals surface area contributed by atoms with Gasteiger partial charge in [-0.3, -0.25) is 4.98 Å². The molecule has 0 fully saturated rings. The van der Waals surface area contributed by atoms with Gasteiger partial charge in [-0.2, -0.15) is 4.98 Å². The van der Waals surface area contributed by atoms with Crippen molar-refractivity contribution in [3.8, 4) is 22.7 Å². The molecule has 0 saturated heterocycles. The summed E-state index contributed by atoms with van der Waals surface area (Å²) in [6.45, 7) is 0.474.